The monoisotopic (exact) mass is 296 g/mol. The molecule has 106 valence electrons. The lowest BCUT2D eigenvalue weighted by atomic mass is 10.1. The Bertz CT molecular complexity index is 798. The molecule has 3 aromatic rings. The van der Waals surface area contributed by atoms with Gasteiger partial charge in [0.1, 0.15) is 5.75 Å². The van der Waals surface area contributed by atoms with Crippen LogP contribution in [0.4, 0.5) is 0 Å². The van der Waals surface area contributed by atoms with Crippen molar-refractivity contribution in [1.82, 2.24) is 9.55 Å². The first-order chi connectivity index (χ1) is 10.2. The largest absolute Gasteiger partial charge is 0.497 e. The molecule has 0 atom stereocenters. The van der Waals surface area contributed by atoms with Crippen molar-refractivity contribution >= 4 is 12.2 Å². The highest BCUT2D eigenvalue weighted by atomic mass is 32.1. The number of nitrogens with one attached hydrogen (secondary N) is 1. The summed E-state index contributed by atoms with van der Waals surface area (Å²) in [5.41, 5.74) is 4.39. The SMILES string of the molecule is COc1ccc(-n2cc(-c3ccc(C)cc3)[nH]c2=S)cc1. The fraction of sp³-hybridized carbons (Fsp3) is 0.118. The van der Waals surface area contributed by atoms with Gasteiger partial charge >= 0.3 is 0 Å². The van der Waals surface area contributed by atoms with Crippen molar-refractivity contribution in [3.63, 3.8) is 0 Å². The van der Waals surface area contributed by atoms with Gasteiger partial charge in [-0.25, -0.2) is 0 Å². The number of aromatic amines is 1. The molecule has 0 saturated heterocycles. The molecule has 0 unspecified atom stereocenters. The van der Waals surface area contributed by atoms with E-state index in [9.17, 15) is 0 Å². The van der Waals surface area contributed by atoms with Crippen LogP contribution in [0.1, 0.15) is 5.56 Å². The summed E-state index contributed by atoms with van der Waals surface area (Å²) in [6.45, 7) is 2.08. The van der Waals surface area contributed by atoms with Crippen molar-refractivity contribution in [2.24, 2.45) is 0 Å². The van der Waals surface area contributed by atoms with Crippen LogP contribution in [-0.4, -0.2) is 16.7 Å². The van der Waals surface area contributed by atoms with Crippen molar-refractivity contribution in [3.8, 4) is 22.7 Å². The van der Waals surface area contributed by atoms with E-state index in [1.54, 1.807) is 7.11 Å². The number of hydrogen-bond donors (Lipinski definition) is 1. The highest BCUT2D eigenvalue weighted by molar-refractivity contribution is 7.71. The highest BCUT2D eigenvalue weighted by Gasteiger charge is 2.05. The number of ether oxygens (including phenoxy) is 1. The summed E-state index contributed by atoms with van der Waals surface area (Å²) < 4.78 is 7.82. The topological polar surface area (TPSA) is 29.9 Å². The minimum Gasteiger partial charge on any atom is -0.497 e. The number of aromatic nitrogens is 2. The Kier molecular flexibility index (Phi) is 3.62. The third kappa shape index (κ3) is 2.76. The summed E-state index contributed by atoms with van der Waals surface area (Å²) in [7, 11) is 1.66. The number of nitrogens with zero attached hydrogens (tertiary/aromatic N) is 1. The summed E-state index contributed by atoms with van der Waals surface area (Å²) >= 11 is 5.42. The molecule has 0 amide bonds. The van der Waals surface area contributed by atoms with E-state index in [1.807, 2.05) is 35.0 Å². The van der Waals surface area contributed by atoms with E-state index in [4.69, 9.17) is 17.0 Å². The molecule has 0 spiro atoms. The van der Waals surface area contributed by atoms with E-state index in [2.05, 4.69) is 36.2 Å². The second-order valence-electron chi connectivity index (χ2n) is 4.91. The highest BCUT2D eigenvalue weighted by Crippen LogP contribution is 2.21. The number of hydrogen-bond acceptors (Lipinski definition) is 2. The molecule has 0 aliphatic rings. The lowest BCUT2D eigenvalue weighted by Crippen LogP contribution is -1.92. The molecule has 0 aliphatic carbocycles. The fourth-order valence-corrected chi connectivity index (χ4v) is 2.48. The molecule has 2 aromatic carbocycles. The number of methoxy groups -OCH3 is 1. The molecule has 3 nitrogen and oxygen atoms in total. The van der Waals surface area contributed by atoms with Crippen molar-refractivity contribution in [3.05, 3.63) is 65.1 Å². The smallest absolute Gasteiger partial charge is 0.182 e. The van der Waals surface area contributed by atoms with Crippen LogP contribution < -0.4 is 4.74 Å². The standard InChI is InChI=1S/C17H16N2OS/c1-12-3-5-13(6-4-12)16-11-19(17(21)18-16)14-7-9-15(20-2)10-8-14/h3-11H,1-2H3,(H,18,21). The van der Waals surface area contributed by atoms with Gasteiger partial charge in [0.05, 0.1) is 12.8 Å². The van der Waals surface area contributed by atoms with E-state index >= 15 is 0 Å². The molecule has 0 fully saturated rings. The van der Waals surface area contributed by atoms with Gasteiger partial charge in [0, 0.05) is 11.9 Å². The first kappa shape index (κ1) is 13.6. The van der Waals surface area contributed by atoms with E-state index in [0.29, 0.717) is 4.77 Å². The first-order valence-corrected chi connectivity index (χ1v) is 7.11. The molecular formula is C17H16N2OS. The molecule has 3 rings (SSSR count). The van der Waals surface area contributed by atoms with Gasteiger partial charge in [0.15, 0.2) is 4.77 Å². The number of rotatable bonds is 3. The third-order valence-corrected chi connectivity index (χ3v) is 3.73. The predicted octanol–water partition coefficient (Wildman–Crippen LogP) is 4.52. The summed E-state index contributed by atoms with van der Waals surface area (Å²) in [4.78, 5) is 3.25. The molecule has 0 radical (unpaired) electrons. The Morgan fingerprint density at radius 2 is 1.67 bits per heavy atom. The second kappa shape index (κ2) is 5.58. The van der Waals surface area contributed by atoms with E-state index in [-0.39, 0.29) is 0 Å². The van der Waals surface area contributed by atoms with E-state index < -0.39 is 0 Å². The predicted molar refractivity (Wildman–Crippen MR) is 87.7 cm³/mol. The maximum Gasteiger partial charge on any atom is 0.182 e. The van der Waals surface area contributed by atoms with Crippen molar-refractivity contribution < 1.29 is 4.74 Å². The zero-order valence-electron chi connectivity index (χ0n) is 12.0. The van der Waals surface area contributed by atoms with Gasteiger partial charge in [0.25, 0.3) is 0 Å². The number of H-pyrrole nitrogens is 1. The molecular weight excluding hydrogens is 280 g/mol. The zero-order chi connectivity index (χ0) is 14.8. The van der Waals surface area contributed by atoms with Gasteiger partial charge in [0.2, 0.25) is 0 Å². The fourth-order valence-electron chi connectivity index (χ4n) is 2.21. The minimum absolute atomic E-state index is 0.677. The second-order valence-corrected chi connectivity index (χ2v) is 5.29. The molecule has 0 aliphatic heterocycles. The van der Waals surface area contributed by atoms with Crippen LogP contribution in [0.2, 0.25) is 0 Å². The lowest BCUT2D eigenvalue weighted by Gasteiger charge is -2.04. The quantitative estimate of drug-likeness (QED) is 0.720. The number of imidazole rings is 1. The molecule has 1 aromatic heterocycles. The summed E-state index contributed by atoms with van der Waals surface area (Å²) in [6, 6.07) is 16.2. The van der Waals surface area contributed by atoms with Crippen LogP contribution in [0.3, 0.4) is 0 Å². The van der Waals surface area contributed by atoms with Crippen LogP contribution in [0.5, 0.6) is 5.75 Å². The Balaban J connectivity index is 2.00. The van der Waals surface area contributed by atoms with Gasteiger partial charge in [-0.15, -0.1) is 0 Å². The Morgan fingerprint density at radius 3 is 2.29 bits per heavy atom. The maximum absolute atomic E-state index is 5.42. The molecule has 1 heterocycles. The average Bonchev–Trinajstić information content (AvgIpc) is 2.90. The third-order valence-electron chi connectivity index (χ3n) is 3.43. The number of benzene rings is 2. The van der Waals surface area contributed by atoms with Crippen LogP contribution in [-0.2, 0) is 0 Å². The van der Waals surface area contributed by atoms with Crippen LogP contribution in [0, 0.1) is 11.7 Å². The minimum atomic E-state index is 0.677. The van der Waals surface area contributed by atoms with Crippen LogP contribution >= 0.6 is 12.2 Å². The molecule has 21 heavy (non-hydrogen) atoms. The Labute approximate surface area is 128 Å². The summed E-state index contributed by atoms with van der Waals surface area (Å²) in [5, 5.41) is 0. The Hall–Kier alpha value is -2.33. The van der Waals surface area contributed by atoms with Crippen molar-refractivity contribution in [1.29, 1.82) is 0 Å². The lowest BCUT2D eigenvalue weighted by molar-refractivity contribution is 0.414. The molecule has 0 bridgehead atoms. The average molecular weight is 296 g/mol. The summed E-state index contributed by atoms with van der Waals surface area (Å²) in [6.07, 6.45) is 2.02. The first-order valence-electron chi connectivity index (χ1n) is 6.70. The van der Waals surface area contributed by atoms with E-state index in [0.717, 1.165) is 22.7 Å². The normalized spacial score (nSPS) is 10.6. The maximum atomic E-state index is 5.42. The van der Waals surface area contributed by atoms with Crippen LogP contribution in [0.25, 0.3) is 16.9 Å². The number of aryl methyl sites for hydroxylation is 1. The van der Waals surface area contributed by atoms with Gasteiger partial charge in [-0.2, -0.15) is 0 Å². The molecule has 0 saturated carbocycles. The Morgan fingerprint density at radius 1 is 1.00 bits per heavy atom. The van der Waals surface area contributed by atoms with Gasteiger partial charge in [-0.05, 0) is 49.0 Å². The van der Waals surface area contributed by atoms with Gasteiger partial charge in [-0.3, -0.25) is 4.57 Å². The van der Waals surface area contributed by atoms with Gasteiger partial charge < -0.3 is 9.72 Å². The van der Waals surface area contributed by atoms with Crippen molar-refractivity contribution in [2.45, 2.75) is 6.92 Å². The van der Waals surface area contributed by atoms with Crippen molar-refractivity contribution in [2.75, 3.05) is 7.11 Å². The molecule has 1 N–H and O–H groups in total. The van der Waals surface area contributed by atoms with Gasteiger partial charge in [-0.1, -0.05) is 29.8 Å². The zero-order valence-corrected chi connectivity index (χ0v) is 12.8. The summed E-state index contributed by atoms with van der Waals surface area (Å²) in [5.74, 6) is 0.833. The van der Waals surface area contributed by atoms with Crippen LogP contribution in [0.15, 0.2) is 54.7 Å². The van der Waals surface area contributed by atoms with E-state index in [1.165, 1.54) is 5.56 Å². The molecule has 4 heteroatoms.